The molecule has 0 saturated carbocycles. The normalized spacial score (nSPS) is 14.4. The van der Waals surface area contributed by atoms with Crippen LogP contribution in [0, 0.1) is 0 Å². The molecule has 1 aliphatic rings. The first kappa shape index (κ1) is 20.7. The Kier molecular flexibility index (Phi) is 5.78. The van der Waals surface area contributed by atoms with E-state index in [0.717, 1.165) is 42.9 Å². The highest BCUT2D eigenvalue weighted by molar-refractivity contribution is 7.89. The molecule has 0 heterocycles. The minimum atomic E-state index is -4.14. The van der Waals surface area contributed by atoms with Crippen molar-refractivity contribution in [3.63, 3.8) is 0 Å². The van der Waals surface area contributed by atoms with Gasteiger partial charge in [0.05, 0.1) is 9.92 Å². The van der Waals surface area contributed by atoms with Gasteiger partial charge in [-0.05, 0) is 67.1 Å². The van der Waals surface area contributed by atoms with Crippen LogP contribution in [0.4, 0.5) is 0 Å². The number of halogens is 1. The number of hydrogen-bond acceptors (Lipinski definition) is 5. The first-order valence-corrected chi connectivity index (χ1v) is 11.7. The molecule has 0 atom stereocenters. The number of nitrogens with one attached hydrogen (secondary N) is 2. The van der Waals surface area contributed by atoms with Gasteiger partial charge in [-0.25, -0.2) is 22.0 Å². The van der Waals surface area contributed by atoms with Gasteiger partial charge in [0.25, 0.3) is 15.9 Å². The lowest BCUT2D eigenvalue weighted by Crippen LogP contribution is -2.41. The van der Waals surface area contributed by atoms with Crippen molar-refractivity contribution in [3.8, 4) is 0 Å². The average molecular weight is 444 g/mol. The van der Waals surface area contributed by atoms with E-state index >= 15 is 0 Å². The lowest BCUT2D eigenvalue weighted by Gasteiger charge is -2.17. The zero-order chi connectivity index (χ0) is 20.5. The average Bonchev–Trinajstić information content (AvgIpc) is 2.65. The predicted molar refractivity (Wildman–Crippen MR) is 104 cm³/mol. The number of hydrogen-bond donors (Lipinski definition) is 3. The molecule has 0 aromatic heterocycles. The van der Waals surface area contributed by atoms with E-state index in [9.17, 15) is 21.6 Å². The highest BCUT2D eigenvalue weighted by Gasteiger charge is 2.20. The van der Waals surface area contributed by atoms with Gasteiger partial charge in [-0.3, -0.25) is 10.2 Å². The maximum absolute atomic E-state index is 12.5. The Balaban J connectivity index is 1.77. The molecular formula is C17H18ClN3O5S2. The summed E-state index contributed by atoms with van der Waals surface area (Å²) < 4.78 is 47.9. The molecule has 8 nitrogen and oxygen atoms in total. The highest BCUT2D eigenvalue weighted by atomic mass is 35.5. The van der Waals surface area contributed by atoms with E-state index in [0.29, 0.717) is 0 Å². The molecule has 0 fully saturated rings. The second-order valence-electron chi connectivity index (χ2n) is 6.39. The Bertz CT molecular complexity index is 1150. The fourth-order valence-corrected chi connectivity index (χ4v) is 4.94. The van der Waals surface area contributed by atoms with Crippen LogP contribution in [0.15, 0.2) is 46.2 Å². The van der Waals surface area contributed by atoms with Crippen LogP contribution in [0.3, 0.4) is 0 Å². The number of primary sulfonamides is 1. The Morgan fingerprint density at radius 2 is 1.64 bits per heavy atom. The van der Waals surface area contributed by atoms with E-state index in [4.69, 9.17) is 16.7 Å². The topological polar surface area (TPSA) is 135 Å². The molecule has 150 valence electrons. The fourth-order valence-electron chi connectivity index (χ4n) is 2.98. The van der Waals surface area contributed by atoms with Gasteiger partial charge in [0, 0.05) is 5.56 Å². The summed E-state index contributed by atoms with van der Waals surface area (Å²) in [6.45, 7) is 0. The number of fused-ring (bicyclic) bond motifs is 1. The highest BCUT2D eigenvalue weighted by Crippen LogP contribution is 2.24. The van der Waals surface area contributed by atoms with Gasteiger partial charge in [-0.1, -0.05) is 17.7 Å². The molecule has 1 aliphatic carbocycles. The standard InChI is InChI=1S/C17H18ClN3O5S2/c18-15-8-6-13(10-16(15)27(19,23)24)17(22)20-21-28(25,26)14-7-5-11-3-1-2-4-12(11)9-14/h5-10,21H,1-4H2,(H,20,22)(H2,19,23,24). The maximum Gasteiger partial charge on any atom is 0.266 e. The van der Waals surface area contributed by atoms with Crippen LogP contribution in [0.5, 0.6) is 0 Å². The smallest absolute Gasteiger partial charge is 0.266 e. The van der Waals surface area contributed by atoms with E-state index in [1.54, 1.807) is 12.1 Å². The Hall–Kier alpha value is -1.98. The molecule has 0 unspecified atom stereocenters. The van der Waals surface area contributed by atoms with Crippen LogP contribution >= 0.6 is 11.6 Å². The number of aryl methyl sites for hydroxylation is 2. The van der Waals surface area contributed by atoms with Crippen LogP contribution < -0.4 is 15.4 Å². The Labute approximate surface area is 168 Å². The second-order valence-corrected chi connectivity index (χ2v) is 10.0. The number of rotatable bonds is 5. The molecule has 0 bridgehead atoms. The van der Waals surface area contributed by atoms with Crippen LogP contribution in [-0.4, -0.2) is 22.7 Å². The molecule has 0 saturated heterocycles. The van der Waals surface area contributed by atoms with Crippen molar-refractivity contribution in [2.75, 3.05) is 0 Å². The fraction of sp³-hybridized carbons (Fsp3) is 0.235. The van der Waals surface area contributed by atoms with Crippen molar-refractivity contribution in [2.24, 2.45) is 5.14 Å². The van der Waals surface area contributed by atoms with Gasteiger partial charge in [0.15, 0.2) is 0 Å². The molecule has 0 radical (unpaired) electrons. The minimum absolute atomic E-state index is 0.0368. The van der Waals surface area contributed by atoms with Gasteiger partial charge >= 0.3 is 0 Å². The molecule has 28 heavy (non-hydrogen) atoms. The van der Waals surface area contributed by atoms with Crippen molar-refractivity contribution in [1.29, 1.82) is 0 Å². The van der Waals surface area contributed by atoms with Gasteiger partial charge in [0.2, 0.25) is 10.0 Å². The van der Waals surface area contributed by atoms with Crippen LogP contribution in [0.1, 0.15) is 34.3 Å². The monoisotopic (exact) mass is 443 g/mol. The van der Waals surface area contributed by atoms with Crippen molar-refractivity contribution in [1.82, 2.24) is 10.3 Å². The third-order valence-corrected chi connectivity index (χ3v) is 7.07. The predicted octanol–water partition coefficient (Wildman–Crippen LogP) is 1.49. The number of sulfonamides is 2. The molecule has 2 aromatic rings. The quantitative estimate of drug-likeness (QED) is 0.601. The SMILES string of the molecule is NS(=O)(=O)c1cc(C(=O)NNS(=O)(=O)c2ccc3c(c2)CCCC3)ccc1Cl. The van der Waals surface area contributed by atoms with Crippen molar-refractivity contribution in [3.05, 3.63) is 58.1 Å². The van der Waals surface area contributed by atoms with Crippen molar-refractivity contribution in [2.45, 2.75) is 35.5 Å². The third-order valence-electron chi connectivity index (χ3n) is 4.43. The van der Waals surface area contributed by atoms with E-state index in [2.05, 4.69) is 5.43 Å². The van der Waals surface area contributed by atoms with Crippen LogP contribution in [-0.2, 0) is 32.9 Å². The first-order chi connectivity index (χ1) is 13.1. The van der Waals surface area contributed by atoms with Crippen LogP contribution in [0.25, 0.3) is 0 Å². The van der Waals surface area contributed by atoms with Gasteiger partial charge in [0.1, 0.15) is 4.90 Å². The van der Waals surface area contributed by atoms with Crippen LogP contribution in [0.2, 0.25) is 5.02 Å². The minimum Gasteiger partial charge on any atom is -0.273 e. The summed E-state index contributed by atoms with van der Waals surface area (Å²) >= 11 is 5.77. The molecule has 3 rings (SSSR count). The first-order valence-electron chi connectivity index (χ1n) is 8.34. The van der Waals surface area contributed by atoms with Gasteiger partial charge in [-0.15, -0.1) is 4.83 Å². The van der Waals surface area contributed by atoms with Gasteiger partial charge in [-0.2, -0.15) is 0 Å². The Morgan fingerprint density at radius 3 is 2.32 bits per heavy atom. The summed E-state index contributed by atoms with van der Waals surface area (Å²) in [5.41, 5.74) is 4.05. The van der Waals surface area contributed by atoms with E-state index in [1.165, 1.54) is 18.2 Å². The van der Waals surface area contributed by atoms with E-state index in [1.807, 2.05) is 4.83 Å². The number of hydrazine groups is 1. The van der Waals surface area contributed by atoms with Crippen molar-refractivity contribution >= 4 is 37.6 Å². The molecular weight excluding hydrogens is 426 g/mol. The lowest BCUT2D eigenvalue weighted by atomic mass is 9.92. The molecule has 0 spiro atoms. The molecule has 1 amide bonds. The zero-order valence-corrected chi connectivity index (χ0v) is 17.0. The van der Waals surface area contributed by atoms with Crippen molar-refractivity contribution < 1.29 is 21.6 Å². The molecule has 0 aliphatic heterocycles. The summed E-state index contributed by atoms with van der Waals surface area (Å²) in [7, 11) is -8.13. The summed E-state index contributed by atoms with van der Waals surface area (Å²) in [4.78, 5) is 13.8. The second kappa shape index (κ2) is 7.80. The maximum atomic E-state index is 12.5. The number of amides is 1. The molecule has 4 N–H and O–H groups in total. The number of benzene rings is 2. The molecule has 2 aromatic carbocycles. The summed E-state index contributed by atoms with van der Waals surface area (Å²) in [6, 6.07) is 8.28. The van der Waals surface area contributed by atoms with E-state index < -0.39 is 30.8 Å². The third kappa shape index (κ3) is 4.53. The molecule has 11 heteroatoms. The van der Waals surface area contributed by atoms with E-state index in [-0.39, 0.29) is 15.5 Å². The zero-order valence-electron chi connectivity index (χ0n) is 14.6. The number of nitrogens with two attached hydrogens (primary N) is 1. The summed E-state index contributed by atoms with van der Waals surface area (Å²) in [5.74, 6) is -0.858. The Morgan fingerprint density at radius 1 is 0.964 bits per heavy atom. The largest absolute Gasteiger partial charge is 0.273 e. The number of carbonyl (C=O) groups excluding carboxylic acids is 1. The number of carbonyl (C=O) groups is 1. The van der Waals surface area contributed by atoms with Gasteiger partial charge < -0.3 is 0 Å². The summed E-state index contributed by atoms with van der Waals surface area (Å²) in [6.07, 6.45) is 3.81. The summed E-state index contributed by atoms with van der Waals surface area (Å²) in [5, 5.41) is 4.90. The lowest BCUT2D eigenvalue weighted by molar-refractivity contribution is 0.0945.